The molecule has 0 bridgehead atoms. The summed E-state index contributed by atoms with van der Waals surface area (Å²) in [6.07, 6.45) is 1.22. The van der Waals surface area contributed by atoms with Crippen LogP contribution in [0.1, 0.15) is 68.2 Å². The quantitative estimate of drug-likeness (QED) is 0.419. The predicted molar refractivity (Wildman–Crippen MR) is 97.5 cm³/mol. The van der Waals surface area contributed by atoms with Crippen LogP contribution < -0.4 is 10.6 Å². The third-order valence-electron chi connectivity index (χ3n) is 3.29. The number of hydrogen-bond acceptors (Lipinski definition) is 2. The first-order chi connectivity index (χ1) is 10.0. The Kier molecular flexibility index (Phi) is 7.90. The Morgan fingerprint density at radius 3 is 1.22 bits per heavy atom. The van der Waals surface area contributed by atoms with Crippen molar-refractivity contribution in [2.45, 2.75) is 79.2 Å². The van der Waals surface area contributed by atoms with E-state index in [1.54, 1.807) is 13.8 Å². The van der Waals surface area contributed by atoms with Crippen molar-refractivity contribution in [3.05, 3.63) is 0 Å². The van der Waals surface area contributed by atoms with E-state index < -0.39 is 28.2 Å². The maximum atomic E-state index is 12.4. The molecule has 6 heteroatoms. The predicted octanol–water partition coefficient (Wildman–Crippen LogP) is 4.25. The van der Waals surface area contributed by atoms with Crippen molar-refractivity contribution in [2.24, 2.45) is 16.2 Å². The van der Waals surface area contributed by atoms with E-state index in [9.17, 15) is 9.59 Å². The number of nitrogens with one attached hydrogen (secondary N) is 2. The average Bonchev–Trinajstić information content (AvgIpc) is 2.22. The van der Waals surface area contributed by atoms with Crippen LogP contribution in [0.25, 0.3) is 0 Å². The summed E-state index contributed by atoms with van der Waals surface area (Å²) in [5.41, 5.74) is -2.30. The van der Waals surface area contributed by atoms with Crippen LogP contribution >= 0.6 is 23.2 Å². The van der Waals surface area contributed by atoms with Crippen LogP contribution in [0.2, 0.25) is 0 Å². The van der Waals surface area contributed by atoms with Crippen LogP contribution in [-0.2, 0) is 9.59 Å². The number of carbonyl (C=O) groups excluding carboxylic acids is 2. The normalized spacial score (nSPS) is 15.7. The third kappa shape index (κ3) is 9.41. The highest BCUT2D eigenvalue weighted by molar-refractivity contribution is 6.23. The van der Waals surface area contributed by atoms with Crippen molar-refractivity contribution in [1.82, 2.24) is 10.6 Å². The second kappa shape index (κ2) is 8.06. The molecule has 2 atom stereocenters. The van der Waals surface area contributed by atoms with E-state index in [1.165, 1.54) is 0 Å². The summed E-state index contributed by atoms with van der Waals surface area (Å²) in [7, 11) is 0. The lowest BCUT2D eigenvalue weighted by Gasteiger charge is -2.29. The SMILES string of the molecule is CC(C)(C)CC(Cl)NC(=O)C(C)(C)C(=O)NC(Cl)CC(C)(C)C. The van der Waals surface area contributed by atoms with Crippen LogP contribution in [0, 0.1) is 16.2 Å². The van der Waals surface area contributed by atoms with Gasteiger partial charge in [-0.05, 0) is 37.5 Å². The van der Waals surface area contributed by atoms with Gasteiger partial charge in [0, 0.05) is 0 Å². The highest BCUT2D eigenvalue weighted by Crippen LogP contribution is 2.25. The molecule has 0 aromatic rings. The zero-order valence-corrected chi connectivity index (χ0v) is 17.2. The second-order valence-corrected chi connectivity index (χ2v) is 10.1. The van der Waals surface area contributed by atoms with E-state index in [0.29, 0.717) is 12.8 Å². The van der Waals surface area contributed by atoms with E-state index in [2.05, 4.69) is 10.6 Å². The van der Waals surface area contributed by atoms with Crippen LogP contribution in [0.5, 0.6) is 0 Å². The maximum absolute atomic E-state index is 12.4. The molecule has 2 unspecified atom stereocenters. The Labute approximate surface area is 151 Å². The van der Waals surface area contributed by atoms with Crippen LogP contribution in [0.4, 0.5) is 0 Å². The summed E-state index contributed by atoms with van der Waals surface area (Å²) in [5.74, 6) is -0.808. The minimum Gasteiger partial charge on any atom is -0.339 e. The molecule has 0 aliphatic heterocycles. The standard InChI is InChI=1S/C17H32Cl2N2O2/c1-15(2,3)9-11(18)20-13(22)17(7,8)14(23)21-12(19)10-16(4,5)6/h11-12H,9-10H2,1-8H3,(H,20,22)(H,21,23). The number of carbonyl (C=O) groups is 2. The van der Waals surface area contributed by atoms with E-state index in [1.807, 2.05) is 41.5 Å². The van der Waals surface area contributed by atoms with E-state index in [4.69, 9.17) is 23.2 Å². The van der Waals surface area contributed by atoms with Gasteiger partial charge in [-0.2, -0.15) is 0 Å². The van der Waals surface area contributed by atoms with Gasteiger partial charge in [0.25, 0.3) is 0 Å². The first-order valence-corrected chi connectivity index (χ1v) is 8.82. The Morgan fingerprint density at radius 2 is 1.00 bits per heavy atom. The minimum atomic E-state index is -1.24. The van der Waals surface area contributed by atoms with Crippen molar-refractivity contribution >= 4 is 35.0 Å². The van der Waals surface area contributed by atoms with Gasteiger partial charge in [-0.25, -0.2) is 0 Å². The van der Waals surface area contributed by atoms with Crippen molar-refractivity contribution in [3.63, 3.8) is 0 Å². The summed E-state index contributed by atoms with van der Waals surface area (Å²) in [4.78, 5) is 24.7. The van der Waals surface area contributed by atoms with E-state index in [0.717, 1.165) is 0 Å². The zero-order chi connectivity index (χ0) is 18.6. The molecule has 4 nitrogen and oxygen atoms in total. The Bertz CT molecular complexity index is 385. The monoisotopic (exact) mass is 366 g/mol. The van der Waals surface area contributed by atoms with Gasteiger partial charge >= 0.3 is 0 Å². The number of rotatable bonds is 6. The van der Waals surface area contributed by atoms with Crippen LogP contribution in [0.15, 0.2) is 0 Å². The van der Waals surface area contributed by atoms with Crippen LogP contribution in [-0.4, -0.2) is 22.8 Å². The van der Waals surface area contributed by atoms with Gasteiger partial charge in [-0.15, -0.1) is 0 Å². The fourth-order valence-electron chi connectivity index (χ4n) is 1.93. The van der Waals surface area contributed by atoms with Gasteiger partial charge < -0.3 is 10.6 Å². The lowest BCUT2D eigenvalue weighted by Crippen LogP contribution is -2.51. The first-order valence-electron chi connectivity index (χ1n) is 7.95. The second-order valence-electron chi connectivity index (χ2n) is 9.04. The molecule has 0 saturated heterocycles. The molecule has 136 valence electrons. The molecule has 2 amide bonds. The number of amides is 2. The number of alkyl halides is 2. The molecular weight excluding hydrogens is 335 g/mol. The molecular formula is C17H32Cl2N2O2. The Balaban J connectivity index is 4.70. The molecule has 0 fully saturated rings. The first kappa shape index (κ1) is 22.5. The van der Waals surface area contributed by atoms with Crippen molar-refractivity contribution in [1.29, 1.82) is 0 Å². The van der Waals surface area contributed by atoms with Crippen LogP contribution in [0.3, 0.4) is 0 Å². The molecule has 0 aliphatic rings. The highest BCUT2D eigenvalue weighted by Gasteiger charge is 2.38. The summed E-state index contributed by atoms with van der Waals surface area (Å²) >= 11 is 12.3. The lowest BCUT2D eigenvalue weighted by atomic mass is 9.88. The van der Waals surface area contributed by atoms with Gasteiger partial charge in [0.15, 0.2) is 0 Å². The molecule has 0 heterocycles. The average molecular weight is 367 g/mol. The summed E-state index contributed by atoms with van der Waals surface area (Å²) < 4.78 is 0. The van der Waals surface area contributed by atoms with E-state index in [-0.39, 0.29) is 10.8 Å². The molecule has 23 heavy (non-hydrogen) atoms. The summed E-state index contributed by atoms with van der Waals surface area (Å²) in [6, 6.07) is 0. The minimum absolute atomic E-state index is 0.0138. The van der Waals surface area contributed by atoms with Gasteiger partial charge in [0.05, 0.1) is 0 Å². The Hall–Kier alpha value is -0.480. The number of hydrogen-bond donors (Lipinski definition) is 2. The van der Waals surface area contributed by atoms with E-state index >= 15 is 0 Å². The third-order valence-corrected chi connectivity index (χ3v) is 3.82. The molecule has 0 radical (unpaired) electrons. The van der Waals surface area contributed by atoms with Gasteiger partial charge in [0.1, 0.15) is 16.4 Å². The van der Waals surface area contributed by atoms with Crippen molar-refractivity contribution in [2.75, 3.05) is 0 Å². The number of halogens is 2. The maximum Gasteiger partial charge on any atom is 0.236 e. The van der Waals surface area contributed by atoms with Gasteiger partial charge in [-0.1, -0.05) is 64.7 Å². The lowest BCUT2D eigenvalue weighted by molar-refractivity contribution is -0.141. The molecule has 0 saturated carbocycles. The fourth-order valence-corrected chi connectivity index (χ4v) is 3.05. The topological polar surface area (TPSA) is 58.2 Å². The molecule has 2 N–H and O–H groups in total. The summed E-state index contributed by atoms with van der Waals surface area (Å²) in [5, 5.41) is 5.40. The van der Waals surface area contributed by atoms with Crippen molar-refractivity contribution in [3.8, 4) is 0 Å². The van der Waals surface area contributed by atoms with Gasteiger partial charge in [-0.3, -0.25) is 9.59 Å². The molecule has 0 spiro atoms. The van der Waals surface area contributed by atoms with Crippen molar-refractivity contribution < 1.29 is 9.59 Å². The largest absolute Gasteiger partial charge is 0.339 e. The summed E-state index contributed by atoms with van der Waals surface area (Å²) in [6.45, 7) is 15.4. The molecule has 0 rings (SSSR count). The fraction of sp³-hybridized carbons (Fsp3) is 0.882. The zero-order valence-electron chi connectivity index (χ0n) is 15.6. The molecule has 0 aromatic carbocycles. The van der Waals surface area contributed by atoms with Gasteiger partial charge in [0.2, 0.25) is 11.8 Å². The Morgan fingerprint density at radius 1 is 0.739 bits per heavy atom. The highest BCUT2D eigenvalue weighted by atomic mass is 35.5. The molecule has 0 aromatic heterocycles. The molecule has 0 aliphatic carbocycles. The smallest absolute Gasteiger partial charge is 0.236 e.